The zero-order chi connectivity index (χ0) is 15.3. The van der Waals surface area contributed by atoms with E-state index in [2.05, 4.69) is 67.4 Å². The van der Waals surface area contributed by atoms with E-state index >= 15 is 0 Å². The number of allylic oxidation sites excluding steroid dienone is 3. The van der Waals surface area contributed by atoms with Crippen LogP contribution in [0.5, 0.6) is 0 Å². The summed E-state index contributed by atoms with van der Waals surface area (Å²) in [6.45, 7) is 9.66. The Kier molecular flexibility index (Phi) is 5.34. The van der Waals surface area contributed by atoms with Crippen LogP contribution in [0.15, 0.2) is 30.5 Å². The van der Waals surface area contributed by atoms with Gasteiger partial charge < -0.3 is 4.74 Å². The van der Waals surface area contributed by atoms with Gasteiger partial charge >= 0.3 is 0 Å². The van der Waals surface area contributed by atoms with Crippen LogP contribution in [-0.4, -0.2) is 28.1 Å². The standard InChI is InChI=1S/C17H27N3O/c1-5-8-16(21-12-13(2)3)17(4)10-7-6-9-14(17)15-11-18-20-19-15/h6-7,9-11,13-14,16H,5,8,12H2,1-4H3,(H,18,19,20). The number of ether oxygens (including phenoxy) is 1. The fourth-order valence-electron chi connectivity index (χ4n) is 2.98. The third-order valence-corrected chi connectivity index (χ3v) is 4.17. The summed E-state index contributed by atoms with van der Waals surface area (Å²) in [5.41, 5.74) is 0.892. The van der Waals surface area contributed by atoms with Crippen LogP contribution in [0, 0.1) is 11.3 Å². The summed E-state index contributed by atoms with van der Waals surface area (Å²) < 4.78 is 6.27. The Balaban J connectivity index is 2.25. The first-order chi connectivity index (χ1) is 10.1. The van der Waals surface area contributed by atoms with Crippen LogP contribution in [0.25, 0.3) is 0 Å². The van der Waals surface area contributed by atoms with Crippen LogP contribution in [0.2, 0.25) is 0 Å². The Morgan fingerprint density at radius 3 is 2.81 bits per heavy atom. The molecule has 0 radical (unpaired) electrons. The summed E-state index contributed by atoms with van der Waals surface area (Å²) in [4.78, 5) is 0. The van der Waals surface area contributed by atoms with E-state index in [1.807, 2.05) is 6.20 Å². The summed E-state index contributed by atoms with van der Waals surface area (Å²) >= 11 is 0. The maximum atomic E-state index is 6.27. The first kappa shape index (κ1) is 16.0. The Morgan fingerprint density at radius 2 is 2.19 bits per heavy atom. The molecule has 0 aliphatic heterocycles. The van der Waals surface area contributed by atoms with Gasteiger partial charge in [0.1, 0.15) is 0 Å². The van der Waals surface area contributed by atoms with Crippen molar-refractivity contribution in [3.05, 3.63) is 36.2 Å². The van der Waals surface area contributed by atoms with Crippen molar-refractivity contribution in [3.8, 4) is 0 Å². The fourth-order valence-corrected chi connectivity index (χ4v) is 2.98. The third-order valence-electron chi connectivity index (χ3n) is 4.17. The number of hydrogen-bond donors (Lipinski definition) is 1. The molecular weight excluding hydrogens is 262 g/mol. The highest BCUT2D eigenvalue weighted by atomic mass is 16.5. The highest BCUT2D eigenvalue weighted by Gasteiger charge is 2.41. The van der Waals surface area contributed by atoms with Gasteiger partial charge in [0.2, 0.25) is 0 Å². The van der Waals surface area contributed by atoms with Crippen LogP contribution >= 0.6 is 0 Å². The molecule has 0 amide bonds. The predicted octanol–water partition coefficient (Wildman–Crippen LogP) is 3.86. The molecule has 1 heterocycles. The molecule has 3 atom stereocenters. The Bertz CT molecular complexity index is 478. The van der Waals surface area contributed by atoms with E-state index in [0.717, 1.165) is 25.1 Å². The molecule has 4 heteroatoms. The van der Waals surface area contributed by atoms with E-state index in [1.54, 1.807) is 0 Å². The van der Waals surface area contributed by atoms with Crippen molar-refractivity contribution in [3.63, 3.8) is 0 Å². The molecule has 0 bridgehead atoms. The summed E-state index contributed by atoms with van der Waals surface area (Å²) in [5.74, 6) is 0.742. The van der Waals surface area contributed by atoms with Gasteiger partial charge in [0, 0.05) is 17.9 Å². The predicted molar refractivity (Wildman–Crippen MR) is 85.0 cm³/mol. The lowest BCUT2D eigenvalue weighted by Gasteiger charge is -2.41. The summed E-state index contributed by atoms with van der Waals surface area (Å²) in [6.07, 6.45) is 12.9. The van der Waals surface area contributed by atoms with Crippen LogP contribution in [-0.2, 0) is 4.74 Å². The van der Waals surface area contributed by atoms with Crippen molar-refractivity contribution in [2.24, 2.45) is 11.3 Å². The van der Waals surface area contributed by atoms with E-state index < -0.39 is 0 Å². The van der Waals surface area contributed by atoms with Crippen molar-refractivity contribution < 1.29 is 4.74 Å². The molecule has 0 saturated carbocycles. The SMILES string of the molecule is CCCC(OCC(C)C)C1(C)C=CC=CC1c1cn[nH]n1. The maximum Gasteiger partial charge on any atom is 0.0902 e. The molecule has 1 aromatic rings. The summed E-state index contributed by atoms with van der Waals surface area (Å²) in [7, 11) is 0. The van der Waals surface area contributed by atoms with E-state index in [-0.39, 0.29) is 17.4 Å². The molecular formula is C17H27N3O. The van der Waals surface area contributed by atoms with Gasteiger partial charge in [-0.3, -0.25) is 0 Å². The second kappa shape index (κ2) is 7.03. The molecule has 2 rings (SSSR count). The molecule has 0 aromatic carbocycles. The molecule has 3 unspecified atom stereocenters. The highest BCUT2D eigenvalue weighted by Crippen LogP contribution is 2.45. The van der Waals surface area contributed by atoms with E-state index in [1.165, 1.54) is 0 Å². The van der Waals surface area contributed by atoms with Crippen molar-refractivity contribution in [2.45, 2.75) is 52.6 Å². The highest BCUT2D eigenvalue weighted by molar-refractivity contribution is 5.29. The molecule has 1 aromatic heterocycles. The minimum atomic E-state index is -0.0868. The van der Waals surface area contributed by atoms with Crippen molar-refractivity contribution in [2.75, 3.05) is 6.61 Å². The van der Waals surface area contributed by atoms with Gasteiger partial charge in [0.25, 0.3) is 0 Å². The zero-order valence-electron chi connectivity index (χ0n) is 13.5. The van der Waals surface area contributed by atoms with Gasteiger partial charge in [0.05, 0.1) is 18.0 Å². The largest absolute Gasteiger partial charge is 0.377 e. The van der Waals surface area contributed by atoms with Gasteiger partial charge in [-0.15, -0.1) is 0 Å². The molecule has 1 aliphatic carbocycles. The normalized spacial score (nSPS) is 26.4. The minimum Gasteiger partial charge on any atom is -0.377 e. The lowest BCUT2D eigenvalue weighted by Crippen LogP contribution is -2.39. The number of aromatic amines is 1. The molecule has 0 saturated heterocycles. The topological polar surface area (TPSA) is 50.8 Å². The van der Waals surface area contributed by atoms with Gasteiger partial charge in [-0.25, -0.2) is 0 Å². The van der Waals surface area contributed by atoms with Crippen LogP contribution in [0.4, 0.5) is 0 Å². The Hall–Kier alpha value is -1.42. The quantitative estimate of drug-likeness (QED) is 0.829. The Morgan fingerprint density at radius 1 is 1.38 bits per heavy atom. The monoisotopic (exact) mass is 289 g/mol. The molecule has 1 aliphatic rings. The third kappa shape index (κ3) is 3.62. The van der Waals surface area contributed by atoms with Gasteiger partial charge in [-0.2, -0.15) is 15.4 Å². The lowest BCUT2D eigenvalue weighted by molar-refractivity contribution is -0.0356. The van der Waals surface area contributed by atoms with E-state index in [9.17, 15) is 0 Å². The molecule has 0 spiro atoms. The number of H-pyrrole nitrogens is 1. The van der Waals surface area contributed by atoms with Gasteiger partial charge in [-0.05, 0) is 12.3 Å². The number of hydrogen-bond acceptors (Lipinski definition) is 3. The molecule has 1 N–H and O–H groups in total. The number of nitrogens with one attached hydrogen (secondary N) is 1. The van der Waals surface area contributed by atoms with Crippen molar-refractivity contribution in [1.29, 1.82) is 0 Å². The second-order valence-electron chi connectivity index (χ2n) is 6.49. The van der Waals surface area contributed by atoms with Gasteiger partial charge in [0.15, 0.2) is 0 Å². The number of rotatable bonds is 7. The van der Waals surface area contributed by atoms with E-state index in [0.29, 0.717) is 5.92 Å². The Labute approximate surface area is 127 Å². The van der Waals surface area contributed by atoms with Gasteiger partial charge in [-0.1, -0.05) is 58.4 Å². The molecule has 4 nitrogen and oxygen atoms in total. The van der Waals surface area contributed by atoms with Crippen LogP contribution < -0.4 is 0 Å². The van der Waals surface area contributed by atoms with E-state index in [4.69, 9.17) is 4.74 Å². The average Bonchev–Trinajstić information content (AvgIpc) is 2.97. The fraction of sp³-hybridized carbons (Fsp3) is 0.647. The van der Waals surface area contributed by atoms with Crippen LogP contribution in [0.1, 0.15) is 52.1 Å². The molecule has 21 heavy (non-hydrogen) atoms. The maximum absolute atomic E-state index is 6.27. The summed E-state index contributed by atoms with van der Waals surface area (Å²) in [6, 6.07) is 0. The summed E-state index contributed by atoms with van der Waals surface area (Å²) in [5, 5.41) is 11.0. The average molecular weight is 289 g/mol. The van der Waals surface area contributed by atoms with Crippen molar-refractivity contribution >= 4 is 0 Å². The minimum absolute atomic E-state index is 0.0868. The molecule has 116 valence electrons. The number of aromatic nitrogens is 3. The zero-order valence-corrected chi connectivity index (χ0v) is 13.5. The lowest BCUT2D eigenvalue weighted by atomic mass is 9.68. The van der Waals surface area contributed by atoms with Crippen LogP contribution in [0.3, 0.4) is 0 Å². The first-order valence-electron chi connectivity index (χ1n) is 7.91. The first-order valence-corrected chi connectivity index (χ1v) is 7.91. The second-order valence-corrected chi connectivity index (χ2v) is 6.49. The smallest absolute Gasteiger partial charge is 0.0902 e. The number of nitrogens with zero attached hydrogens (tertiary/aromatic N) is 2. The molecule has 0 fully saturated rings. The van der Waals surface area contributed by atoms with Crippen molar-refractivity contribution in [1.82, 2.24) is 15.4 Å².